The molecule has 0 heterocycles. The first-order valence-corrected chi connectivity index (χ1v) is 5.58. The van der Waals surface area contributed by atoms with E-state index in [0.717, 1.165) is 12.8 Å². The minimum absolute atomic E-state index is 0.0794. The minimum Gasteiger partial charge on any atom is -0.388 e. The number of hydrogen-bond donors (Lipinski definition) is 2. The van der Waals surface area contributed by atoms with Gasteiger partial charge < -0.3 is 15.2 Å². The first kappa shape index (κ1) is 14.4. The summed E-state index contributed by atoms with van der Waals surface area (Å²) in [7, 11) is 0. The van der Waals surface area contributed by atoms with E-state index in [1.807, 2.05) is 13.8 Å². The fraction of sp³-hybridized carbons (Fsp3) is 0.909. The van der Waals surface area contributed by atoms with E-state index in [2.05, 4.69) is 5.32 Å². The van der Waals surface area contributed by atoms with Crippen LogP contribution in [-0.4, -0.2) is 36.4 Å². The molecule has 15 heavy (non-hydrogen) atoms. The van der Waals surface area contributed by atoms with Gasteiger partial charge in [-0.3, -0.25) is 4.79 Å². The van der Waals surface area contributed by atoms with Crippen molar-refractivity contribution >= 4 is 5.91 Å². The summed E-state index contributed by atoms with van der Waals surface area (Å²) >= 11 is 0. The molecule has 2 N–H and O–H groups in total. The molecule has 0 saturated heterocycles. The van der Waals surface area contributed by atoms with Gasteiger partial charge in [0.25, 0.3) is 0 Å². The zero-order valence-corrected chi connectivity index (χ0v) is 10.0. The molecule has 0 fully saturated rings. The summed E-state index contributed by atoms with van der Waals surface area (Å²) in [6.07, 6.45) is 2.49. The number of amides is 1. The lowest BCUT2D eigenvalue weighted by Crippen LogP contribution is -2.41. The molecule has 4 heteroatoms. The third kappa shape index (κ3) is 8.39. The monoisotopic (exact) mass is 217 g/mol. The summed E-state index contributed by atoms with van der Waals surface area (Å²) in [5, 5.41) is 12.4. The van der Waals surface area contributed by atoms with Crippen LogP contribution in [0.5, 0.6) is 0 Å². The molecule has 0 aromatic carbocycles. The van der Waals surface area contributed by atoms with Crippen LogP contribution >= 0.6 is 0 Å². The number of hydrogen-bond acceptors (Lipinski definition) is 3. The van der Waals surface area contributed by atoms with E-state index in [9.17, 15) is 9.90 Å². The van der Waals surface area contributed by atoms with Gasteiger partial charge in [-0.15, -0.1) is 0 Å². The zero-order valence-electron chi connectivity index (χ0n) is 10.0. The summed E-state index contributed by atoms with van der Waals surface area (Å²) in [6, 6.07) is 0. The Kier molecular flexibility index (Phi) is 7.34. The van der Waals surface area contributed by atoms with E-state index < -0.39 is 5.60 Å². The number of carbonyl (C=O) groups excluding carboxylic acids is 1. The first-order chi connectivity index (χ1) is 7.02. The van der Waals surface area contributed by atoms with Crippen LogP contribution in [0.1, 0.15) is 40.0 Å². The van der Waals surface area contributed by atoms with Crippen LogP contribution in [0.25, 0.3) is 0 Å². The van der Waals surface area contributed by atoms with E-state index in [4.69, 9.17) is 4.74 Å². The van der Waals surface area contributed by atoms with Crippen LogP contribution < -0.4 is 5.32 Å². The van der Waals surface area contributed by atoms with Gasteiger partial charge in [-0.05, 0) is 19.8 Å². The van der Waals surface area contributed by atoms with Crippen molar-refractivity contribution in [1.29, 1.82) is 0 Å². The Labute approximate surface area is 92.0 Å². The van der Waals surface area contributed by atoms with Crippen LogP contribution in [0, 0.1) is 0 Å². The zero-order chi connectivity index (χ0) is 11.7. The first-order valence-electron chi connectivity index (χ1n) is 5.58. The molecule has 90 valence electrons. The molecule has 0 aliphatic carbocycles. The fourth-order valence-electron chi connectivity index (χ4n) is 1.28. The Balaban J connectivity index is 3.60. The normalized spacial score (nSPS) is 14.7. The second-order valence-corrected chi connectivity index (χ2v) is 4.08. The van der Waals surface area contributed by atoms with E-state index >= 15 is 0 Å². The van der Waals surface area contributed by atoms with Gasteiger partial charge in [0.15, 0.2) is 0 Å². The van der Waals surface area contributed by atoms with Crippen molar-refractivity contribution in [3.63, 3.8) is 0 Å². The average molecular weight is 217 g/mol. The number of nitrogens with one attached hydrogen (secondary N) is 1. The third-order valence-corrected chi connectivity index (χ3v) is 2.04. The second kappa shape index (κ2) is 7.65. The highest BCUT2D eigenvalue weighted by atomic mass is 16.5. The Morgan fingerprint density at radius 1 is 1.40 bits per heavy atom. The topological polar surface area (TPSA) is 58.6 Å². The SMILES string of the molecule is CCCOCC(=O)NCC(C)(O)CCC. The molecule has 0 aliphatic heterocycles. The summed E-state index contributed by atoms with van der Waals surface area (Å²) in [6.45, 7) is 6.68. The number of ether oxygens (including phenoxy) is 1. The predicted molar refractivity (Wildman–Crippen MR) is 59.7 cm³/mol. The Hall–Kier alpha value is -0.610. The molecule has 0 saturated carbocycles. The molecule has 1 unspecified atom stereocenters. The molecule has 0 aromatic heterocycles. The van der Waals surface area contributed by atoms with Crippen LogP contribution in [0.4, 0.5) is 0 Å². The van der Waals surface area contributed by atoms with Crippen molar-refractivity contribution < 1.29 is 14.6 Å². The highest BCUT2D eigenvalue weighted by molar-refractivity contribution is 5.77. The van der Waals surface area contributed by atoms with E-state index in [1.165, 1.54) is 0 Å². The van der Waals surface area contributed by atoms with Gasteiger partial charge in [0.2, 0.25) is 5.91 Å². The van der Waals surface area contributed by atoms with Crippen LogP contribution in [0.15, 0.2) is 0 Å². The Morgan fingerprint density at radius 3 is 2.60 bits per heavy atom. The van der Waals surface area contributed by atoms with Gasteiger partial charge in [-0.25, -0.2) is 0 Å². The summed E-state index contributed by atoms with van der Waals surface area (Å²) in [4.78, 5) is 11.2. The van der Waals surface area contributed by atoms with Gasteiger partial charge in [-0.2, -0.15) is 0 Å². The van der Waals surface area contributed by atoms with Crippen molar-refractivity contribution in [3.8, 4) is 0 Å². The molecule has 0 bridgehead atoms. The number of rotatable bonds is 8. The van der Waals surface area contributed by atoms with Crippen molar-refractivity contribution in [2.24, 2.45) is 0 Å². The van der Waals surface area contributed by atoms with Gasteiger partial charge in [0, 0.05) is 13.2 Å². The van der Waals surface area contributed by atoms with Crippen molar-refractivity contribution in [2.75, 3.05) is 19.8 Å². The standard InChI is InChI=1S/C11H23NO3/c1-4-6-11(3,14)9-12-10(13)8-15-7-5-2/h14H,4-9H2,1-3H3,(H,12,13). The van der Waals surface area contributed by atoms with Crippen molar-refractivity contribution in [2.45, 2.75) is 45.6 Å². The molecule has 1 amide bonds. The van der Waals surface area contributed by atoms with Crippen LogP contribution in [0.3, 0.4) is 0 Å². The van der Waals surface area contributed by atoms with Gasteiger partial charge in [-0.1, -0.05) is 20.3 Å². The lowest BCUT2D eigenvalue weighted by molar-refractivity contribution is -0.126. The largest absolute Gasteiger partial charge is 0.388 e. The quantitative estimate of drug-likeness (QED) is 0.598. The molecule has 0 spiro atoms. The fourth-order valence-corrected chi connectivity index (χ4v) is 1.28. The molecule has 0 aliphatic rings. The van der Waals surface area contributed by atoms with Crippen molar-refractivity contribution in [1.82, 2.24) is 5.32 Å². The van der Waals surface area contributed by atoms with Gasteiger partial charge in [0.05, 0.1) is 5.60 Å². The third-order valence-electron chi connectivity index (χ3n) is 2.04. The Bertz CT molecular complexity index is 181. The van der Waals surface area contributed by atoms with Gasteiger partial charge >= 0.3 is 0 Å². The molecule has 0 aromatic rings. The molecular formula is C11H23NO3. The lowest BCUT2D eigenvalue weighted by Gasteiger charge is -2.22. The van der Waals surface area contributed by atoms with E-state index in [1.54, 1.807) is 6.92 Å². The molecular weight excluding hydrogens is 194 g/mol. The molecule has 1 atom stereocenters. The highest BCUT2D eigenvalue weighted by Crippen LogP contribution is 2.09. The van der Waals surface area contributed by atoms with Gasteiger partial charge in [0.1, 0.15) is 6.61 Å². The minimum atomic E-state index is -0.810. The predicted octanol–water partition coefficient (Wildman–Crippen LogP) is 1.08. The summed E-state index contributed by atoms with van der Waals surface area (Å²) < 4.78 is 5.08. The smallest absolute Gasteiger partial charge is 0.246 e. The number of carbonyl (C=O) groups is 1. The summed E-state index contributed by atoms with van der Waals surface area (Å²) in [5.74, 6) is -0.167. The van der Waals surface area contributed by atoms with Crippen LogP contribution in [-0.2, 0) is 9.53 Å². The Morgan fingerprint density at radius 2 is 2.07 bits per heavy atom. The van der Waals surface area contributed by atoms with E-state index in [0.29, 0.717) is 13.0 Å². The lowest BCUT2D eigenvalue weighted by atomic mass is 10.0. The van der Waals surface area contributed by atoms with E-state index in [-0.39, 0.29) is 19.1 Å². The summed E-state index contributed by atoms with van der Waals surface area (Å²) in [5.41, 5.74) is -0.810. The van der Waals surface area contributed by atoms with Crippen LogP contribution in [0.2, 0.25) is 0 Å². The second-order valence-electron chi connectivity index (χ2n) is 4.08. The molecule has 0 rings (SSSR count). The maximum atomic E-state index is 11.2. The maximum Gasteiger partial charge on any atom is 0.246 e. The average Bonchev–Trinajstić information content (AvgIpc) is 2.15. The molecule has 4 nitrogen and oxygen atoms in total. The molecule has 0 radical (unpaired) electrons. The van der Waals surface area contributed by atoms with Crippen molar-refractivity contribution in [3.05, 3.63) is 0 Å². The maximum absolute atomic E-state index is 11.2. The highest BCUT2D eigenvalue weighted by Gasteiger charge is 2.19. The number of aliphatic hydroxyl groups is 1.